The summed E-state index contributed by atoms with van der Waals surface area (Å²) in [6.45, 7) is 2.25. The molecule has 2 atom stereocenters. The maximum absolute atomic E-state index is 12.5. The molecule has 1 amide bonds. The zero-order valence-electron chi connectivity index (χ0n) is 13.9. The van der Waals surface area contributed by atoms with Crippen LogP contribution < -0.4 is 14.8 Å². The van der Waals surface area contributed by atoms with Gasteiger partial charge in [0.1, 0.15) is 6.61 Å². The summed E-state index contributed by atoms with van der Waals surface area (Å²) in [6.07, 6.45) is 0.177. The minimum Gasteiger partial charge on any atom is -0.485 e. The molecule has 128 valence electrons. The van der Waals surface area contributed by atoms with Gasteiger partial charge in [0.05, 0.1) is 0 Å². The van der Waals surface area contributed by atoms with Crippen LogP contribution in [-0.2, 0) is 11.2 Å². The lowest BCUT2D eigenvalue weighted by molar-refractivity contribution is -0.130. The van der Waals surface area contributed by atoms with Gasteiger partial charge in [0.2, 0.25) is 6.10 Å². The van der Waals surface area contributed by atoms with E-state index in [1.54, 1.807) is 11.3 Å². The minimum absolute atomic E-state index is 0.0197. The third-order valence-electron chi connectivity index (χ3n) is 4.28. The van der Waals surface area contributed by atoms with Gasteiger partial charge in [0.25, 0.3) is 5.91 Å². The molecule has 0 aliphatic carbocycles. The maximum Gasteiger partial charge on any atom is 0.264 e. The standard InChI is InChI=1S/C20H19NO3S/c1-13(10-14-12-25-19-9-5-2-6-15(14)19)21-20(22)18-11-23-16-7-3-4-8-17(16)24-18/h2-9,12-13,18H,10-11H2,1H3,(H,21,22)/t13-,18+/m1/s1. The second kappa shape index (κ2) is 6.76. The van der Waals surface area contributed by atoms with E-state index in [4.69, 9.17) is 9.47 Å². The topological polar surface area (TPSA) is 47.6 Å². The second-order valence-corrected chi connectivity index (χ2v) is 7.15. The summed E-state index contributed by atoms with van der Waals surface area (Å²) in [4.78, 5) is 12.5. The smallest absolute Gasteiger partial charge is 0.264 e. The highest BCUT2D eigenvalue weighted by Gasteiger charge is 2.28. The Labute approximate surface area is 150 Å². The van der Waals surface area contributed by atoms with Gasteiger partial charge in [0.15, 0.2) is 11.5 Å². The van der Waals surface area contributed by atoms with Gasteiger partial charge >= 0.3 is 0 Å². The predicted octanol–water partition coefficient (Wildman–Crippen LogP) is 3.79. The van der Waals surface area contributed by atoms with Crippen LogP contribution in [0.2, 0.25) is 0 Å². The van der Waals surface area contributed by atoms with Gasteiger partial charge in [-0.1, -0.05) is 30.3 Å². The Morgan fingerprint density at radius 2 is 1.96 bits per heavy atom. The van der Waals surface area contributed by atoms with Gasteiger partial charge in [-0.15, -0.1) is 11.3 Å². The third kappa shape index (κ3) is 3.33. The highest BCUT2D eigenvalue weighted by atomic mass is 32.1. The van der Waals surface area contributed by atoms with E-state index in [-0.39, 0.29) is 18.6 Å². The molecule has 0 bridgehead atoms. The van der Waals surface area contributed by atoms with Gasteiger partial charge < -0.3 is 14.8 Å². The molecule has 1 aliphatic rings. The van der Waals surface area contributed by atoms with Crippen molar-refractivity contribution >= 4 is 27.3 Å². The lowest BCUT2D eigenvalue weighted by Gasteiger charge is -2.26. The average Bonchev–Trinajstić information content (AvgIpc) is 3.04. The molecule has 0 spiro atoms. The average molecular weight is 353 g/mol. The predicted molar refractivity (Wildman–Crippen MR) is 99.5 cm³/mol. The Morgan fingerprint density at radius 3 is 2.84 bits per heavy atom. The molecule has 0 radical (unpaired) electrons. The summed E-state index contributed by atoms with van der Waals surface area (Å²) >= 11 is 1.74. The molecule has 0 saturated carbocycles. The van der Waals surface area contributed by atoms with Crippen LogP contribution in [0.3, 0.4) is 0 Å². The molecule has 1 N–H and O–H groups in total. The Morgan fingerprint density at radius 1 is 1.20 bits per heavy atom. The fourth-order valence-corrected chi connectivity index (χ4v) is 4.03. The highest BCUT2D eigenvalue weighted by molar-refractivity contribution is 7.17. The van der Waals surface area contributed by atoms with Crippen LogP contribution in [0.15, 0.2) is 53.9 Å². The normalized spacial score (nSPS) is 17.2. The van der Waals surface area contributed by atoms with E-state index in [9.17, 15) is 4.79 Å². The fraction of sp³-hybridized carbons (Fsp3) is 0.250. The lowest BCUT2D eigenvalue weighted by atomic mass is 10.1. The summed E-state index contributed by atoms with van der Waals surface area (Å²) < 4.78 is 12.7. The molecule has 2 aromatic carbocycles. The Kier molecular flexibility index (Phi) is 4.32. The first-order chi connectivity index (χ1) is 12.2. The number of benzene rings is 2. The summed E-state index contributed by atoms with van der Waals surface area (Å²) in [5.41, 5.74) is 1.26. The number of carbonyl (C=O) groups is 1. The minimum atomic E-state index is -0.614. The van der Waals surface area contributed by atoms with Gasteiger partial charge in [-0.2, -0.15) is 0 Å². The number of hydrogen-bond acceptors (Lipinski definition) is 4. The van der Waals surface area contributed by atoms with Crippen molar-refractivity contribution in [3.8, 4) is 11.5 Å². The molecule has 4 nitrogen and oxygen atoms in total. The Bertz CT molecular complexity index is 905. The zero-order chi connectivity index (χ0) is 17.2. The highest BCUT2D eigenvalue weighted by Crippen LogP contribution is 2.31. The molecular weight excluding hydrogens is 334 g/mol. The van der Waals surface area contributed by atoms with E-state index in [0.29, 0.717) is 11.5 Å². The van der Waals surface area contributed by atoms with Crippen LogP contribution in [0.25, 0.3) is 10.1 Å². The van der Waals surface area contributed by atoms with Crippen molar-refractivity contribution in [2.75, 3.05) is 6.61 Å². The Hall–Kier alpha value is -2.53. The first kappa shape index (κ1) is 16.0. The molecule has 1 aliphatic heterocycles. The molecule has 5 heteroatoms. The van der Waals surface area contributed by atoms with Crippen LogP contribution >= 0.6 is 11.3 Å². The van der Waals surface area contributed by atoms with Gasteiger partial charge in [0, 0.05) is 10.7 Å². The molecule has 0 fully saturated rings. The SMILES string of the molecule is C[C@H](Cc1csc2ccccc12)NC(=O)[C@@H]1COc2ccccc2O1. The zero-order valence-corrected chi connectivity index (χ0v) is 14.7. The summed E-state index contributed by atoms with van der Waals surface area (Å²) in [5, 5.41) is 6.48. The number of fused-ring (bicyclic) bond motifs is 2. The molecule has 2 heterocycles. The van der Waals surface area contributed by atoms with Crippen molar-refractivity contribution in [3.63, 3.8) is 0 Å². The number of carbonyl (C=O) groups excluding carboxylic acids is 1. The van der Waals surface area contributed by atoms with Gasteiger partial charge in [-0.3, -0.25) is 4.79 Å². The number of para-hydroxylation sites is 2. The summed E-state index contributed by atoms with van der Waals surface area (Å²) in [7, 11) is 0. The lowest BCUT2D eigenvalue weighted by Crippen LogP contribution is -2.47. The monoisotopic (exact) mass is 353 g/mol. The van der Waals surface area contributed by atoms with Crippen LogP contribution in [-0.4, -0.2) is 24.7 Å². The van der Waals surface area contributed by atoms with E-state index in [1.807, 2.05) is 43.3 Å². The number of rotatable bonds is 4. The Balaban J connectivity index is 1.39. The van der Waals surface area contributed by atoms with E-state index >= 15 is 0 Å². The fourth-order valence-electron chi connectivity index (χ4n) is 3.06. The maximum atomic E-state index is 12.5. The number of thiophene rings is 1. The molecule has 3 aromatic rings. The summed E-state index contributed by atoms with van der Waals surface area (Å²) in [5.74, 6) is 1.16. The first-order valence-corrected chi connectivity index (χ1v) is 9.22. The van der Waals surface area contributed by atoms with Crippen molar-refractivity contribution in [3.05, 3.63) is 59.5 Å². The molecule has 0 unspecified atom stereocenters. The molecular formula is C20H19NO3S. The van der Waals surface area contributed by atoms with Crippen molar-refractivity contribution in [1.29, 1.82) is 0 Å². The largest absolute Gasteiger partial charge is 0.485 e. The van der Waals surface area contributed by atoms with E-state index < -0.39 is 6.10 Å². The van der Waals surface area contributed by atoms with Crippen LogP contribution in [0.5, 0.6) is 11.5 Å². The van der Waals surface area contributed by atoms with Crippen LogP contribution in [0.4, 0.5) is 0 Å². The van der Waals surface area contributed by atoms with Crippen molar-refractivity contribution in [2.45, 2.75) is 25.5 Å². The first-order valence-electron chi connectivity index (χ1n) is 8.34. The number of amides is 1. The van der Waals surface area contributed by atoms with E-state index in [1.165, 1.54) is 15.6 Å². The summed E-state index contributed by atoms with van der Waals surface area (Å²) in [6, 6.07) is 15.8. The van der Waals surface area contributed by atoms with Crippen molar-refractivity contribution < 1.29 is 14.3 Å². The van der Waals surface area contributed by atoms with Crippen LogP contribution in [0, 0.1) is 0 Å². The molecule has 25 heavy (non-hydrogen) atoms. The number of ether oxygens (including phenoxy) is 2. The van der Waals surface area contributed by atoms with Crippen LogP contribution in [0.1, 0.15) is 12.5 Å². The van der Waals surface area contributed by atoms with E-state index in [0.717, 1.165) is 6.42 Å². The van der Waals surface area contributed by atoms with Crippen molar-refractivity contribution in [2.24, 2.45) is 0 Å². The molecule has 0 saturated heterocycles. The molecule has 4 rings (SSSR count). The van der Waals surface area contributed by atoms with Gasteiger partial charge in [-0.25, -0.2) is 0 Å². The van der Waals surface area contributed by atoms with E-state index in [2.05, 4.69) is 22.8 Å². The number of nitrogens with one attached hydrogen (secondary N) is 1. The molecule has 1 aromatic heterocycles. The quantitative estimate of drug-likeness (QED) is 0.776. The van der Waals surface area contributed by atoms with Crippen molar-refractivity contribution in [1.82, 2.24) is 5.32 Å². The third-order valence-corrected chi connectivity index (χ3v) is 5.29. The number of hydrogen-bond donors (Lipinski definition) is 1. The van der Waals surface area contributed by atoms with Gasteiger partial charge in [-0.05, 0) is 47.9 Å². The second-order valence-electron chi connectivity index (χ2n) is 6.24.